The Bertz CT molecular complexity index is 922. The number of ether oxygens (including phenoxy) is 1. The van der Waals surface area contributed by atoms with Crippen LogP contribution in [0.15, 0.2) is 36.8 Å². The van der Waals surface area contributed by atoms with Crippen LogP contribution in [0.2, 0.25) is 0 Å². The Morgan fingerprint density at radius 3 is 2.56 bits per heavy atom. The van der Waals surface area contributed by atoms with Gasteiger partial charge in [-0.3, -0.25) is 9.38 Å². The van der Waals surface area contributed by atoms with E-state index < -0.39 is 0 Å². The molecule has 0 bridgehead atoms. The number of imidazole rings is 1. The molecule has 1 aromatic carbocycles. The van der Waals surface area contributed by atoms with Gasteiger partial charge in [0.1, 0.15) is 17.3 Å². The highest BCUT2D eigenvalue weighted by Crippen LogP contribution is 2.38. The van der Waals surface area contributed by atoms with Crippen LogP contribution < -0.4 is 15.0 Å². The van der Waals surface area contributed by atoms with Gasteiger partial charge < -0.3 is 15.0 Å². The van der Waals surface area contributed by atoms with E-state index in [0.717, 1.165) is 47.2 Å². The lowest BCUT2D eigenvalue weighted by molar-refractivity contribution is 0.416. The van der Waals surface area contributed by atoms with Crippen LogP contribution in [0.4, 0.5) is 11.5 Å². The van der Waals surface area contributed by atoms with E-state index in [1.807, 2.05) is 10.6 Å². The van der Waals surface area contributed by atoms with Crippen molar-refractivity contribution in [2.75, 3.05) is 30.4 Å². The zero-order valence-electron chi connectivity index (χ0n) is 17.1. The predicted molar refractivity (Wildman–Crippen MR) is 112 cm³/mol. The number of benzene rings is 1. The number of nitrogens with one attached hydrogen (secondary N) is 1. The number of nitrogens with zero attached hydrogens (tertiary/aromatic N) is 4. The Hall–Kier alpha value is -2.76. The molecule has 27 heavy (non-hydrogen) atoms. The molecule has 0 aliphatic carbocycles. The number of methoxy groups -OCH3 is 1. The molecule has 2 heterocycles. The maximum absolute atomic E-state index is 5.74. The van der Waals surface area contributed by atoms with Crippen molar-refractivity contribution in [3.05, 3.63) is 36.8 Å². The Labute approximate surface area is 161 Å². The van der Waals surface area contributed by atoms with Gasteiger partial charge in [-0.2, -0.15) is 0 Å². The highest BCUT2D eigenvalue weighted by Gasteiger charge is 2.22. The number of rotatable bonds is 6. The summed E-state index contributed by atoms with van der Waals surface area (Å²) in [5, 5.41) is 3.59. The summed E-state index contributed by atoms with van der Waals surface area (Å²) in [5.74, 6) is 1.75. The zero-order chi connectivity index (χ0) is 19.6. The first-order chi connectivity index (χ1) is 12.9. The van der Waals surface area contributed by atoms with E-state index >= 15 is 0 Å². The average Bonchev–Trinajstić information content (AvgIpc) is 2.99. The maximum Gasteiger partial charge on any atom is 0.157 e. The van der Waals surface area contributed by atoms with Crippen molar-refractivity contribution in [1.82, 2.24) is 14.4 Å². The van der Waals surface area contributed by atoms with Crippen LogP contribution in [-0.4, -0.2) is 40.1 Å². The Morgan fingerprint density at radius 1 is 1.19 bits per heavy atom. The normalized spacial score (nSPS) is 11.6. The SMILES string of the molecule is CCN(CC)c1ccc(-c2nc3cnccn3c2NC(C)(C)C)c(OC)c1. The number of anilines is 2. The molecule has 0 saturated heterocycles. The minimum atomic E-state index is -0.109. The number of aromatic nitrogens is 3. The minimum Gasteiger partial charge on any atom is -0.496 e. The van der Waals surface area contributed by atoms with E-state index in [9.17, 15) is 0 Å². The summed E-state index contributed by atoms with van der Waals surface area (Å²) in [7, 11) is 1.71. The zero-order valence-corrected chi connectivity index (χ0v) is 17.1. The third-order valence-electron chi connectivity index (χ3n) is 4.49. The van der Waals surface area contributed by atoms with Crippen molar-refractivity contribution in [3.8, 4) is 17.0 Å². The van der Waals surface area contributed by atoms with Crippen LogP contribution in [0.5, 0.6) is 5.75 Å². The average molecular weight is 367 g/mol. The molecule has 0 amide bonds. The van der Waals surface area contributed by atoms with E-state index in [-0.39, 0.29) is 5.54 Å². The van der Waals surface area contributed by atoms with Gasteiger partial charge in [0.05, 0.1) is 13.3 Å². The third-order valence-corrected chi connectivity index (χ3v) is 4.49. The van der Waals surface area contributed by atoms with Crippen LogP contribution in [0.3, 0.4) is 0 Å². The first kappa shape index (κ1) is 19.0. The standard InChI is InChI=1S/C21H29N5O/c1-7-25(8-2)15-9-10-16(17(13-15)27-6)19-20(24-21(3,4)5)26-12-11-22-14-18(26)23-19/h9-14,24H,7-8H2,1-6H3. The molecule has 6 nitrogen and oxygen atoms in total. The first-order valence-electron chi connectivity index (χ1n) is 9.41. The van der Waals surface area contributed by atoms with Gasteiger partial charge in [0.25, 0.3) is 0 Å². The highest BCUT2D eigenvalue weighted by atomic mass is 16.5. The summed E-state index contributed by atoms with van der Waals surface area (Å²) in [6.45, 7) is 12.6. The molecule has 144 valence electrons. The molecular weight excluding hydrogens is 338 g/mol. The monoisotopic (exact) mass is 367 g/mol. The highest BCUT2D eigenvalue weighted by molar-refractivity contribution is 5.82. The molecule has 0 spiro atoms. The Morgan fingerprint density at radius 2 is 1.93 bits per heavy atom. The topological polar surface area (TPSA) is 54.7 Å². The Balaban J connectivity index is 2.18. The van der Waals surface area contributed by atoms with Crippen molar-refractivity contribution < 1.29 is 4.74 Å². The quantitative estimate of drug-likeness (QED) is 0.697. The van der Waals surface area contributed by atoms with Gasteiger partial charge >= 0.3 is 0 Å². The second kappa shape index (κ2) is 7.47. The largest absolute Gasteiger partial charge is 0.496 e. The van der Waals surface area contributed by atoms with E-state index in [1.165, 1.54) is 0 Å². The molecule has 0 fully saturated rings. The third kappa shape index (κ3) is 3.84. The summed E-state index contributed by atoms with van der Waals surface area (Å²) < 4.78 is 7.77. The molecule has 0 aliphatic heterocycles. The second-order valence-corrected chi connectivity index (χ2v) is 7.55. The van der Waals surface area contributed by atoms with Gasteiger partial charge in [-0.15, -0.1) is 0 Å². The minimum absolute atomic E-state index is 0.109. The number of fused-ring (bicyclic) bond motifs is 1. The predicted octanol–water partition coefficient (Wildman–Crippen LogP) is 4.46. The van der Waals surface area contributed by atoms with E-state index in [0.29, 0.717) is 0 Å². The molecule has 0 atom stereocenters. The summed E-state index contributed by atoms with van der Waals surface area (Å²) in [6, 6.07) is 6.31. The molecule has 3 rings (SSSR count). The number of hydrogen-bond donors (Lipinski definition) is 1. The van der Waals surface area contributed by atoms with Gasteiger partial charge in [0.2, 0.25) is 0 Å². The van der Waals surface area contributed by atoms with E-state index in [2.05, 4.69) is 68.0 Å². The fraction of sp³-hybridized carbons (Fsp3) is 0.429. The summed E-state index contributed by atoms with van der Waals surface area (Å²) in [6.07, 6.45) is 5.47. The lowest BCUT2D eigenvalue weighted by atomic mass is 10.1. The fourth-order valence-electron chi connectivity index (χ4n) is 3.23. The molecule has 1 N–H and O–H groups in total. The van der Waals surface area contributed by atoms with E-state index in [4.69, 9.17) is 9.72 Å². The first-order valence-corrected chi connectivity index (χ1v) is 9.41. The van der Waals surface area contributed by atoms with Crippen molar-refractivity contribution in [2.45, 2.75) is 40.2 Å². The van der Waals surface area contributed by atoms with Gasteiger partial charge in [0, 0.05) is 48.3 Å². The summed E-state index contributed by atoms with van der Waals surface area (Å²) in [5.41, 5.74) is 3.66. The van der Waals surface area contributed by atoms with Gasteiger partial charge in [-0.05, 0) is 46.8 Å². The van der Waals surface area contributed by atoms with Crippen molar-refractivity contribution in [1.29, 1.82) is 0 Å². The number of hydrogen-bond acceptors (Lipinski definition) is 5. The molecule has 0 aliphatic rings. The Kier molecular flexibility index (Phi) is 5.26. The van der Waals surface area contributed by atoms with Crippen LogP contribution in [-0.2, 0) is 0 Å². The molecule has 0 unspecified atom stereocenters. The summed E-state index contributed by atoms with van der Waals surface area (Å²) in [4.78, 5) is 11.3. The lowest BCUT2D eigenvalue weighted by Gasteiger charge is -2.24. The lowest BCUT2D eigenvalue weighted by Crippen LogP contribution is -2.27. The van der Waals surface area contributed by atoms with Gasteiger partial charge in [-0.25, -0.2) is 4.98 Å². The van der Waals surface area contributed by atoms with Crippen LogP contribution in [0.25, 0.3) is 16.9 Å². The van der Waals surface area contributed by atoms with Gasteiger partial charge in [0.15, 0.2) is 5.65 Å². The van der Waals surface area contributed by atoms with Crippen molar-refractivity contribution >= 4 is 17.2 Å². The van der Waals surface area contributed by atoms with E-state index in [1.54, 1.807) is 19.5 Å². The molecule has 2 aromatic heterocycles. The maximum atomic E-state index is 5.74. The molecule has 6 heteroatoms. The molecule has 0 radical (unpaired) electrons. The van der Waals surface area contributed by atoms with Crippen LogP contribution in [0.1, 0.15) is 34.6 Å². The van der Waals surface area contributed by atoms with Crippen molar-refractivity contribution in [2.24, 2.45) is 0 Å². The molecule has 0 saturated carbocycles. The smallest absolute Gasteiger partial charge is 0.157 e. The molecular formula is C21H29N5O. The second-order valence-electron chi connectivity index (χ2n) is 7.55. The molecule has 3 aromatic rings. The fourth-order valence-corrected chi connectivity index (χ4v) is 3.23. The van der Waals surface area contributed by atoms with Crippen LogP contribution in [0, 0.1) is 0 Å². The van der Waals surface area contributed by atoms with Crippen LogP contribution >= 0.6 is 0 Å². The summed E-state index contributed by atoms with van der Waals surface area (Å²) >= 11 is 0. The van der Waals surface area contributed by atoms with Gasteiger partial charge in [-0.1, -0.05) is 0 Å². The van der Waals surface area contributed by atoms with Crippen molar-refractivity contribution in [3.63, 3.8) is 0 Å².